The van der Waals surface area contributed by atoms with Crippen molar-refractivity contribution < 1.29 is 13.2 Å². The van der Waals surface area contributed by atoms with Crippen molar-refractivity contribution in [2.75, 3.05) is 7.05 Å². The van der Waals surface area contributed by atoms with E-state index in [4.69, 9.17) is 0 Å². The SMILES string of the molecule is CNC(c1cccc(Br)c1F)c1ccc(C)c(F)c1F. The second kappa shape index (κ2) is 5.97. The van der Waals surface area contributed by atoms with Crippen LogP contribution in [0.25, 0.3) is 0 Å². The van der Waals surface area contributed by atoms with Crippen LogP contribution in [0.2, 0.25) is 0 Å². The summed E-state index contributed by atoms with van der Waals surface area (Å²) in [6.07, 6.45) is 0. The summed E-state index contributed by atoms with van der Waals surface area (Å²) < 4.78 is 42.2. The highest BCUT2D eigenvalue weighted by atomic mass is 79.9. The minimum Gasteiger partial charge on any atom is -0.309 e. The standard InChI is InChI=1S/C15H13BrF3N/c1-8-6-7-10(14(19)12(8)17)15(20-2)9-4-3-5-11(16)13(9)18/h3-7,15,20H,1-2H3. The molecule has 0 aliphatic heterocycles. The predicted octanol–water partition coefficient (Wildman–Crippen LogP) is 4.48. The van der Waals surface area contributed by atoms with Gasteiger partial charge in [0.1, 0.15) is 5.82 Å². The van der Waals surface area contributed by atoms with Crippen LogP contribution in [-0.4, -0.2) is 7.05 Å². The Balaban J connectivity index is 2.59. The monoisotopic (exact) mass is 343 g/mol. The second-order valence-electron chi connectivity index (χ2n) is 4.46. The van der Waals surface area contributed by atoms with Crippen molar-refractivity contribution >= 4 is 15.9 Å². The predicted molar refractivity (Wildman–Crippen MR) is 76.1 cm³/mol. The van der Waals surface area contributed by atoms with Gasteiger partial charge in [-0.05, 0) is 41.5 Å². The van der Waals surface area contributed by atoms with Gasteiger partial charge in [-0.15, -0.1) is 0 Å². The zero-order valence-corrected chi connectivity index (χ0v) is 12.6. The van der Waals surface area contributed by atoms with Gasteiger partial charge in [0.2, 0.25) is 0 Å². The molecule has 2 aromatic rings. The van der Waals surface area contributed by atoms with Crippen LogP contribution in [0.15, 0.2) is 34.8 Å². The van der Waals surface area contributed by atoms with E-state index in [1.165, 1.54) is 19.1 Å². The second-order valence-corrected chi connectivity index (χ2v) is 5.32. The van der Waals surface area contributed by atoms with E-state index >= 15 is 0 Å². The van der Waals surface area contributed by atoms with Gasteiger partial charge in [-0.1, -0.05) is 24.3 Å². The minimum atomic E-state index is -0.955. The molecule has 0 saturated heterocycles. The fourth-order valence-corrected chi connectivity index (χ4v) is 2.49. The fourth-order valence-electron chi connectivity index (χ4n) is 2.11. The molecule has 0 amide bonds. The first-order valence-corrected chi connectivity index (χ1v) is 6.82. The average Bonchev–Trinajstić information content (AvgIpc) is 2.44. The summed E-state index contributed by atoms with van der Waals surface area (Å²) in [4.78, 5) is 0. The summed E-state index contributed by atoms with van der Waals surface area (Å²) >= 11 is 3.09. The van der Waals surface area contributed by atoms with E-state index in [0.717, 1.165) is 0 Å². The maximum absolute atomic E-state index is 14.1. The highest BCUT2D eigenvalue weighted by Gasteiger charge is 2.23. The van der Waals surface area contributed by atoms with Crippen molar-refractivity contribution in [2.24, 2.45) is 0 Å². The van der Waals surface area contributed by atoms with E-state index in [-0.39, 0.29) is 21.2 Å². The zero-order valence-electron chi connectivity index (χ0n) is 11.0. The number of hydrogen-bond donors (Lipinski definition) is 1. The van der Waals surface area contributed by atoms with Crippen molar-refractivity contribution in [3.63, 3.8) is 0 Å². The topological polar surface area (TPSA) is 12.0 Å². The molecule has 2 rings (SSSR count). The molecule has 0 aromatic heterocycles. The van der Waals surface area contributed by atoms with E-state index in [9.17, 15) is 13.2 Å². The lowest BCUT2D eigenvalue weighted by Gasteiger charge is -2.19. The number of halogens is 4. The largest absolute Gasteiger partial charge is 0.309 e. The van der Waals surface area contributed by atoms with Crippen LogP contribution < -0.4 is 5.32 Å². The minimum absolute atomic E-state index is 0.0765. The number of hydrogen-bond acceptors (Lipinski definition) is 1. The third-order valence-corrected chi connectivity index (χ3v) is 3.81. The van der Waals surface area contributed by atoms with Crippen LogP contribution in [0.5, 0.6) is 0 Å². The van der Waals surface area contributed by atoms with Crippen LogP contribution in [0.1, 0.15) is 22.7 Å². The smallest absolute Gasteiger partial charge is 0.164 e. The molecule has 20 heavy (non-hydrogen) atoms. The molecule has 1 N–H and O–H groups in total. The summed E-state index contributed by atoms with van der Waals surface area (Å²) in [5.74, 6) is -2.35. The third kappa shape index (κ3) is 2.60. The van der Waals surface area contributed by atoms with Crippen molar-refractivity contribution in [3.05, 3.63) is 68.9 Å². The molecular weight excluding hydrogens is 331 g/mol. The van der Waals surface area contributed by atoms with Crippen LogP contribution in [0.4, 0.5) is 13.2 Å². The van der Waals surface area contributed by atoms with E-state index in [0.29, 0.717) is 0 Å². The average molecular weight is 344 g/mol. The Morgan fingerprint density at radius 2 is 1.60 bits per heavy atom. The molecule has 0 aliphatic rings. The molecular formula is C15H13BrF3N. The Kier molecular flexibility index (Phi) is 4.50. The van der Waals surface area contributed by atoms with Crippen molar-refractivity contribution in [1.82, 2.24) is 5.32 Å². The molecule has 0 saturated carbocycles. The number of aryl methyl sites for hydroxylation is 1. The quantitative estimate of drug-likeness (QED) is 0.866. The normalized spacial score (nSPS) is 12.5. The summed E-state index contributed by atoms with van der Waals surface area (Å²) in [6, 6.07) is 6.93. The zero-order chi connectivity index (χ0) is 14.9. The third-order valence-electron chi connectivity index (χ3n) is 3.20. The van der Waals surface area contributed by atoms with Gasteiger partial charge in [-0.2, -0.15) is 0 Å². The Labute approximate surface area is 123 Å². The molecule has 0 spiro atoms. The van der Waals surface area contributed by atoms with E-state index < -0.39 is 23.5 Å². The molecule has 2 aromatic carbocycles. The molecule has 0 bridgehead atoms. The fraction of sp³-hybridized carbons (Fsp3) is 0.200. The van der Waals surface area contributed by atoms with Gasteiger partial charge >= 0.3 is 0 Å². The highest BCUT2D eigenvalue weighted by Crippen LogP contribution is 2.30. The lowest BCUT2D eigenvalue weighted by molar-refractivity contribution is 0.478. The maximum Gasteiger partial charge on any atom is 0.164 e. The van der Waals surface area contributed by atoms with E-state index in [1.54, 1.807) is 25.2 Å². The summed E-state index contributed by atoms with van der Waals surface area (Å²) in [7, 11) is 1.57. The molecule has 0 fully saturated rings. The first-order valence-electron chi connectivity index (χ1n) is 6.03. The molecule has 5 heteroatoms. The van der Waals surface area contributed by atoms with E-state index in [2.05, 4.69) is 21.2 Å². The Hall–Kier alpha value is -1.33. The Morgan fingerprint density at radius 1 is 0.950 bits per heavy atom. The lowest BCUT2D eigenvalue weighted by atomic mass is 9.96. The van der Waals surface area contributed by atoms with Crippen LogP contribution >= 0.6 is 15.9 Å². The summed E-state index contributed by atoms with van der Waals surface area (Å²) in [6.45, 7) is 1.48. The maximum atomic E-state index is 14.1. The van der Waals surface area contributed by atoms with Gasteiger partial charge in [0.15, 0.2) is 11.6 Å². The molecule has 1 unspecified atom stereocenters. The molecule has 106 valence electrons. The summed E-state index contributed by atoms with van der Waals surface area (Å²) in [5.41, 5.74) is 0.549. The van der Waals surface area contributed by atoms with Gasteiger partial charge in [0.25, 0.3) is 0 Å². The number of nitrogens with one attached hydrogen (secondary N) is 1. The van der Waals surface area contributed by atoms with Crippen LogP contribution in [0, 0.1) is 24.4 Å². The van der Waals surface area contributed by atoms with E-state index in [1.807, 2.05) is 0 Å². The van der Waals surface area contributed by atoms with Gasteiger partial charge in [0.05, 0.1) is 10.5 Å². The molecule has 1 nitrogen and oxygen atoms in total. The van der Waals surface area contributed by atoms with Gasteiger partial charge in [-0.25, -0.2) is 13.2 Å². The molecule has 0 heterocycles. The van der Waals surface area contributed by atoms with Gasteiger partial charge in [0, 0.05) is 11.1 Å². The summed E-state index contributed by atoms with van der Waals surface area (Å²) in [5, 5.41) is 2.82. The first-order chi connectivity index (χ1) is 9.47. The number of benzene rings is 2. The number of rotatable bonds is 3. The first kappa shape index (κ1) is 15.1. The van der Waals surface area contributed by atoms with Crippen molar-refractivity contribution in [1.29, 1.82) is 0 Å². The van der Waals surface area contributed by atoms with Crippen LogP contribution in [-0.2, 0) is 0 Å². The van der Waals surface area contributed by atoms with Crippen LogP contribution in [0.3, 0.4) is 0 Å². The Bertz CT molecular complexity index is 643. The highest BCUT2D eigenvalue weighted by molar-refractivity contribution is 9.10. The van der Waals surface area contributed by atoms with Gasteiger partial charge in [-0.3, -0.25) is 0 Å². The lowest BCUT2D eigenvalue weighted by Crippen LogP contribution is -2.21. The Morgan fingerprint density at radius 3 is 2.25 bits per heavy atom. The molecule has 0 aliphatic carbocycles. The van der Waals surface area contributed by atoms with Crippen molar-refractivity contribution in [3.8, 4) is 0 Å². The van der Waals surface area contributed by atoms with Crippen molar-refractivity contribution in [2.45, 2.75) is 13.0 Å². The van der Waals surface area contributed by atoms with Gasteiger partial charge < -0.3 is 5.32 Å². The molecule has 0 radical (unpaired) electrons. The molecule has 1 atom stereocenters.